The van der Waals surface area contributed by atoms with Gasteiger partial charge in [0, 0.05) is 12.8 Å². The van der Waals surface area contributed by atoms with Crippen LogP contribution in [0.15, 0.2) is 29.2 Å². The minimum absolute atomic E-state index is 0.0182. The first-order valence-corrected chi connectivity index (χ1v) is 7.37. The Morgan fingerprint density at radius 1 is 1.37 bits per heavy atom. The maximum atomic E-state index is 11.6. The van der Waals surface area contributed by atoms with E-state index in [-0.39, 0.29) is 17.3 Å². The number of carboxylic acids is 1. The van der Waals surface area contributed by atoms with Crippen molar-refractivity contribution >= 4 is 21.5 Å². The van der Waals surface area contributed by atoms with Gasteiger partial charge in [-0.1, -0.05) is 6.92 Å². The summed E-state index contributed by atoms with van der Waals surface area (Å²) in [5.41, 5.74) is 0.527. The second-order valence-electron chi connectivity index (χ2n) is 3.92. The predicted molar refractivity (Wildman–Crippen MR) is 71.1 cm³/mol. The Labute approximate surface area is 112 Å². The fourth-order valence-electron chi connectivity index (χ4n) is 1.47. The molecule has 106 valence electrons. The van der Waals surface area contributed by atoms with Crippen molar-refractivity contribution in [3.8, 4) is 0 Å². The van der Waals surface area contributed by atoms with E-state index < -0.39 is 21.8 Å². The summed E-state index contributed by atoms with van der Waals surface area (Å²) < 4.78 is 28.0. The normalized spacial score (nSPS) is 12.9. The molecule has 0 aliphatic carbocycles. The van der Waals surface area contributed by atoms with Crippen LogP contribution in [-0.4, -0.2) is 45.0 Å². The van der Waals surface area contributed by atoms with E-state index in [1.165, 1.54) is 31.4 Å². The molecule has 6 nitrogen and oxygen atoms in total. The van der Waals surface area contributed by atoms with Crippen molar-refractivity contribution < 1.29 is 23.1 Å². The molecule has 0 bridgehead atoms. The second-order valence-corrected chi connectivity index (χ2v) is 6.20. The third-order valence-corrected chi connectivity index (χ3v) is 4.32. The molecule has 1 aromatic rings. The number of benzene rings is 1. The molecule has 0 aliphatic heterocycles. The first kappa shape index (κ1) is 15.5. The van der Waals surface area contributed by atoms with Gasteiger partial charge in [0.25, 0.3) is 0 Å². The van der Waals surface area contributed by atoms with Crippen LogP contribution in [0.5, 0.6) is 0 Å². The molecule has 7 heteroatoms. The number of ether oxygens (including phenoxy) is 1. The summed E-state index contributed by atoms with van der Waals surface area (Å²) in [4.78, 5) is 11.1. The molecule has 19 heavy (non-hydrogen) atoms. The first-order chi connectivity index (χ1) is 8.90. The van der Waals surface area contributed by atoms with Gasteiger partial charge >= 0.3 is 5.97 Å². The van der Waals surface area contributed by atoms with Crippen molar-refractivity contribution in [1.82, 2.24) is 0 Å². The van der Waals surface area contributed by atoms with Gasteiger partial charge in [0.15, 0.2) is 9.84 Å². The number of carbonyl (C=O) groups is 1. The average molecular weight is 287 g/mol. The Morgan fingerprint density at radius 3 is 2.37 bits per heavy atom. The molecule has 1 aromatic carbocycles. The van der Waals surface area contributed by atoms with Crippen molar-refractivity contribution in [3.63, 3.8) is 0 Å². The van der Waals surface area contributed by atoms with Gasteiger partial charge in [-0.25, -0.2) is 13.2 Å². The van der Waals surface area contributed by atoms with Crippen LogP contribution in [0.25, 0.3) is 0 Å². The highest BCUT2D eigenvalue weighted by Crippen LogP contribution is 2.16. The highest BCUT2D eigenvalue weighted by Gasteiger charge is 2.17. The zero-order chi connectivity index (χ0) is 14.5. The summed E-state index contributed by atoms with van der Waals surface area (Å²) >= 11 is 0. The molecular weight excluding hydrogens is 270 g/mol. The maximum Gasteiger partial charge on any atom is 0.328 e. The molecule has 0 amide bonds. The Morgan fingerprint density at radius 2 is 1.95 bits per heavy atom. The number of nitrogens with one attached hydrogen (secondary N) is 1. The van der Waals surface area contributed by atoms with Crippen molar-refractivity contribution in [2.24, 2.45) is 0 Å². The van der Waals surface area contributed by atoms with Gasteiger partial charge in [0.2, 0.25) is 0 Å². The molecule has 0 aliphatic rings. The lowest BCUT2D eigenvalue weighted by Gasteiger charge is -2.15. The van der Waals surface area contributed by atoms with Gasteiger partial charge in [-0.05, 0) is 24.3 Å². The largest absolute Gasteiger partial charge is 0.480 e. The number of rotatable bonds is 7. The van der Waals surface area contributed by atoms with E-state index in [0.29, 0.717) is 5.69 Å². The maximum absolute atomic E-state index is 11.6. The van der Waals surface area contributed by atoms with Crippen molar-refractivity contribution in [2.45, 2.75) is 17.9 Å². The van der Waals surface area contributed by atoms with Crippen LogP contribution >= 0.6 is 0 Å². The molecule has 0 radical (unpaired) electrons. The number of carboxylic acid groups (broad SMARTS) is 1. The molecule has 0 fully saturated rings. The summed E-state index contributed by atoms with van der Waals surface area (Å²) in [7, 11) is -1.83. The summed E-state index contributed by atoms with van der Waals surface area (Å²) in [5, 5.41) is 11.7. The van der Waals surface area contributed by atoms with Crippen LogP contribution in [0.1, 0.15) is 6.92 Å². The molecule has 1 rings (SSSR count). The number of hydrogen-bond acceptors (Lipinski definition) is 5. The van der Waals surface area contributed by atoms with Crippen molar-refractivity contribution in [1.29, 1.82) is 0 Å². The minimum Gasteiger partial charge on any atom is -0.480 e. The molecule has 0 saturated heterocycles. The van der Waals surface area contributed by atoms with Crippen LogP contribution in [0, 0.1) is 0 Å². The summed E-state index contributed by atoms with van der Waals surface area (Å²) in [6.45, 7) is 1.59. The van der Waals surface area contributed by atoms with Crippen LogP contribution < -0.4 is 5.32 Å². The van der Waals surface area contributed by atoms with E-state index in [0.717, 1.165) is 0 Å². The number of aliphatic carboxylic acids is 1. The third-order valence-electron chi connectivity index (χ3n) is 2.57. The zero-order valence-corrected chi connectivity index (χ0v) is 11.6. The molecule has 1 atom stereocenters. The van der Waals surface area contributed by atoms with Crippen LogP contribution in [0.3, 0.4) is 0 Å². The molecule has 0 heterocycles. The number of anilines is 1. The topological polar surface area (TPSA) is 92.7 Å². The van der Waals surface area contributed by atoms with Crippen molar-refractivity contribution in [3.05, 3.63) is 24.3 Å². The van der Waals surface area contributed by atoms with E-state index in [1.54, 1.807) is 6.92 Å². The smallest absolute Gasteiger partial charge is 0.328 e. The van der Waals surface area contributed by atoms with Gasteiger partial charge in [-0.15, -0.1) is 0 Å². The standard InChI is InChI=1S/C12H17NO5S/c1-3-19(16,17)10-6-4-9(5-7-10)13-11(8-18-2)12(14)15/h4-7,11,13H,3,8H2,1-2H3,(H,14,15). The van der Waals surface area contributed by atoms with E-state index in [4.69, 9.17) is 9.84 Å². The van der Waals surface area contributed by atoms with E-state index >= 15 is 0 Å². The Bertz CT molecular complexity index is 524. The first-order valence-electron chi connectivity index (χ1n) is 5.71. The van der Waals surface area contributed by atoms with E-state index in [9.17, 15) is 13.2 Å². The number of methoxy groups -OCH3 is 1. The van der Waals surface area contributed by atoms with Gasteiger partial charge in [-0.2, -0.15) is 0 Å². The number of sulfone groups is 1. The lowest BCUT2D eigenvalue weighted by Crippen LogP contribution is -2.33. The monoisotopic (exact) mass is 287 g/mol. The third kappa shape index (κ3) is 4.22. The van der Waals surface area contributed by atoms with E-state index in [2.05, 4.69) is 5.32 Å². The van der Waals surface area contributed by atoms with Gasteiger partial charge < -0.3 is 15.2 Å². The summed E-state index contributed by atoms with van der Waals surface area (Å²) in [6.07, 6.45) is 0. The van der Waals surface area contributed by atoms with Gasteiger partial charge in [0.1, 0.15) is 6.04 Å². The molecule has 0 aromatic heterocycles. The molecule has 2 N–H and O–H groups in total. The predicted octanol–water partition coefficient (Wildman–Crippen LogP) is 0.992. The fraction of sp³-hybridized carbons (Fsp3) is 0.417. The Kier molecular flexibility index (Phi) is 5.31. The molecule has 0 spiro atoms. The Hall–Kier alpha value is -1.60. The minimum atomic E-state index is -3.24. The second kappa shape index (κ2) is 6.53. The van der Waals surface area contributed by atoms with Crippen molar-refractivity contribution in [2.75, 3.05) is 24.8 Å². The fourth-order valence-corrected chi connectivity index (χ4v) is 2.35. The molecular formula is C12H17NO5S. The van der Waals surface area contributed by atoms with Crippen LogP contribution in [-0.2, 0) is 19.4 Å². The molecule has 0 saturated carbocycles. The average Bonchev–Trinajstić information content (AvgIpc) is 2.38. The molecule has 1 unspecified atom stereocenters. The van der Waals surface area contributed by atoms with Crippen LogP contribution in [0.4, 0.5) is 5.69 Å². The van der Waals surface area contributed by atoms with E-state index in [1.807, 2.05) is 0 Å². The quantitative estimate of drug-likeness (QED) is 0.777. The lowest BCUT2D eigenvalue weighted by atomic mass is 10.2. The SMILES string of the molecule is CCS(=O)(=O)c1ccc(NC(COC)C(=O)O)cc1. The summed E-state index contributed by atoms with van der Waals surface area (Å²) in [5.74, 6) is -1.01. The highest BCUT2D eigenvalue weighted by molar-refractivity contribution is 7.91. The highest BCUT2D eigenvalue weighted by atomic mass is 32.2. The summed E-state index contributed by atoms with van der Waals surface area (Å²) in [6, 6.07) is 5.10. The van der Waals surface area contributed by atoms with Gasteiger partial charge in [0.05, 0.1) is 17.3 Å². The zero-order valence-electron chi connectivity index (χ0n) is 10.8. The lowest BCUT2D eigenvalue weighted by molar-refractivity contribution is -0.139. The Balaban J connectivity index is 2.85. The van der Waals surface area contributed by atoms with Crippen LogP contribution in [0.2, 0.25) is 0 Å². The number of hydrogen-bond donors (Lipinski definition) is 2. The van der Waals surface area contributed by atoms with Gasteiger partial charge in [-0.3, -0.25) is 0 Å².